The highest BCUT2D eigenvalue weighted by molar-refractivity contribution is 6.31. The van der Waals surface area contributed by atoms with Crippen LogP contribution in [0.3, 0.4) is 0 Å². The standard InChI is InChI=1S/C22H24ClN3O/c1-25(2)19-6-3-16(4-7-19)22(27)26-11-9-15(10-12-26)21-14-17-13-18(23)5-8-20(17)24-21/h3-8,13-15,24H,9-12H2,1-2H3. The molecule has 1 aromatic heterocycles. The van der Waals surface area contributed by atoms with E-state index in [-0.39, 0.29) is 5.91 Å². The normalized spacial score (nSPS) is 15.3. The first-order valence-corrected chi connectivity index (χ1v) is 9.74. The molecule has 140 valence electrons. The molecule has 4 rings (SSSR count). The van der Waals surface area contributed by atoms with Crippen LogP contribution in [-0.4, -0.2) is 43.0 Å². The van der Waals surface area contributed by atoms with E-state index in [1.54, 1.807) is 0 Å². The number of hydrogen-bond acceptors (Lipinski definition) is 2. The fourth-order valence-electron chi connectivity index (χ4n) is 3.82. The summed E-state index contributed by atoms with van der Waals surface area (Å²) in [5, 5.41) is 1.91. The quantitative estimate of drug-likeness (QED) is 0.700. The minimum Gasteiger partial charge on any atom is -0.378 e. The zero-order valence-corrected chi connectivity index (χ0v) is 16.5. The first-order valence-electron chi connectivity index (χ1n) is 9.36. The number of carbonyl (C=O) groups excluding carboxylic acids is 1. The molecule has 4 nitrogen and oxygen atoms in total. The molecular formula is C22H24ClN3O. The largest absolute Gasteiger partial charge is 0.378 e. The second kappa shape index (κ2) is 7.28. The number of nitrogens with zero attached hydrogens (tertiary/aromatic N) is 2. The van der Waals surface area contributed by atoms with E-state index in [0.717, 1.165) is 53.1 Å². The van der Waals surface area contributed by atoms with E-state index >= 15 is 0 Å². The van der Waals surface area contributed by atoms with Crippen molar-refractivity contribution in [1.29, 1.82) is 0 Å². The van der Waals surface area contributed by atoms with Crippen molar-refractivity contribution >= 4 is 34.1 Å². The van der Waals surface area contributed by atoms with Crippen molar-refractivity contribution in [2.75, 3.05) is 32.1 Å². The summed E-state index contributed by atoms with van der Waals surface area (Å²) >= 11 is 6.09. The number of aromatic nitrogens is 1. The van der Waals surface area contributed by atoms with Crippen LogP contribution in [0.25, 0.3) is 10.9 Å². The number of carbonyl (C=O) groups is 1. The van der Waals surface area contributed by atoms with Crippen LogP contribution < -0.4 is 4.90 Å². The molecule has 0 radical (unpaired) electrons. The maximum Gasteiger partial charge on any atom is 0.253 e. The summed E-state index contributed by atoms with van der Waals surface area (Å²) < 4.78 is 0. The molecule has 5 heteroatoms. The molecule has 27 heavy (non-hydrogen) atoms. The number of benzene rings is 2. The van der Waals surface area contributed by atoms with Gasteiger partial charge >= 0.3 is 0 Å². The van der Waals surface area contributed by atoms with Gasteiger partial charge in [0.25, 0.3) is 5.91 Å². The Morgan fingerprint density at radius 3 is 2.44 bits per heavy atom. The molecular weight excluding hydrogens is 358 g/mol. The molecule has 0 aliphatic carbocycles. The Balaban J connectivity index is 1.42. The van der Waals surface area contributed by atoms with E-state index in [1.807, 2.05) is 66.4 Å². The highest BCUT2D eigenvalue weighted by Crippen LogP contribution is 2.31. The summed E-state index contributed by atoms with van der Waals surface area (Å²) in [6, 6.07) is 16.0. The monoisotopic (exact) mass is 381 g/mol. The SMILES string of the molecule is CN(C)c1ccc(C(=O)N2CCC(c3cc4cc(Cl)ccc4[nH]3)CC2)cc1. The molecule has 1 N–H and O–H groups in total. The topological polar surface area (TPSA) is 39.3 Å². The van der Waals surface area contributed by atoms with Crippen molar-refractivity contribution in [3.8, 4) is 0 Å². The molecule has 1 saturated heterocycles. The Labute approximate surface area is 164 Å². The molecule has 1 aliphatic rings. The van der Waals surface area contributed by atoms with Crippen LogP contribution in [0, 0.1) is 0 Å². The van der Waals surface area contributed by atoms with Crippen LogP contribution in [0.2, 0.25) is 5.02 Å². The molecule has 1 aliphatic heterocycles. The Kier molecular flexibility index (Phi) is 4.83. The Hall–Kier alpha value is -2.46. The number of fused-ring (bicyclic) bond motifs is 1. The third-order valence-electron chi connectivity index (χ3n) is 5.46. The van der Waals surface area contributed by atoms with E-state index in [2.05, 4.69) is 11.1 Å². The van der Waals surface area contributed by atoms with E-state index in [1.165, 1.54) is 5.69 Å². The van der Waals surface area contributed by atoms with Gasteiger partial charge in [-0.05, 0) is 61.4 Å². The number of H-pyrrole nitrogens is 1. The lowest BCUT2D eigenvalue weighted by Crippen LogP contribution is -2.38. The summed E-state index contributed by atoms with van der Waals surface area (Å²) in [4.78, 5) is 20.3. The number of hydrogen-bond donors (Lipinski definition) is 1. The summed E-state index contributed by atoms with van der Waals surface area (Å²) in [7, 11) is 4.00. The molecule has 2 heterocycles. The number of nitrogens with one attached hydrogen (secondary N) is 1. The molecule has 1 amide bonds. The number of amides is 1. The van der Waals surface area contributed by atoms with E-state index < -0.39 is 0 Å². The maximum absolute atomic E-state index is 12.8. The highest BCUT2D eigenvalue weighted by Gasteiger charge is 2.25. The number of anilines is 1. The van der Waals surface area contributed by atoms with Gasteiger partial charge in [-0.15, -0.1) is 0 Å². The average molecular weight is 382 g/mol. The van der Waals surface area contributed by atoms with Crippen molar-refractivity contribution in [2.24, 2.45) is 0 Å². The van der Waals surface area contributed by atoms with E-state index in [0.29, 0.717) is 5.92 Å². The van der Waals surface area contributed by atoms with Crippen molar-refractivity contribution in [3.05, 3.63) is 64.8 Å². The van der Waals surface area contributed by atoms with Crippen LogP contribution in [0.5, 0.6) is 0 Å². The number of rotatable bonds is 3. The molecule has 0 spiro atoms. The van der Waals surface area contributed by atoms with E-state index in [9.17, 15) is 4.79 Å². The van der Waals surface area contributed by atoms with Crippen LogP contribution in [0.4, 0.5) is 5.69 Å². The molecule has 0 bridgehead atoms. The molecule has 0 atom stereocenters. The van der Waals surface area contributed by atoms with Gasteiger partial charge in [-0.2, -0.15) is 0 Å². The Morgan fingerprint density at radius 2 is 1.78 bits per heavy atom. The van der Waals surface area contributed by atoms with Crippen molar-refractivity contribution in [3.63, 3.8) is 0 Å². The summed E-state index contributed by atoms with van der Waals surface area (Å²) in [5.41, 5.74) is 4.23. The van der Waals surface area contributed by atoms with Crippen LogP contribution >= 0.6 is 11.6 Å². The van der Waals surface area contributed by atoms with Crippen molar-refractivity contribution < 1.29 is 4.79 Å². The average Bonchev–Trinajstić information content (AvgIpc) is 3.11. The minimum absolute atomic E-state index is 0.127. The lowest BCUT2D eigenvalue weighted by molar-refractivity contribution is 0.0712. The predicted octanol–water partition coefficient (Wildman–Crippen LogP) is 4.91. The van der Waals surface area contributed by atoms with Gasteiger partial charge in [-0.3, -0.25) is 4.79 Å². The molecule has 2 aromatic carbocycles. The first-order chi connectivity index (χ1) is 13.0. The minimum atomic E-state index is 0.127. The van der Waals surface area contributed by atoms with Crippen molar-refractivity contribution in [1.82, 2.24) is 9.88 Å². The fraction of sp³-hybridized carbons (Fsp3) is 0.318. The lowest BCUT2D eigenvalue weighted by Gasteiger charge is -2.31. The third-order valence-corrected chi connectivity index (χ3v) is 5.69. The second-order valence-corrected chi connectivity index (χ2v) is 7.90. The molecule has 0 saturated carbocycles. The Bertz CT molecular complexity index is 953. The zero-order valence-electron chi connectivity index (χ0n) is 15.7. The smallest absolute Gasteiger partial charge is 0.253 e. The molecule has 1 fully saturated rings. The predicted molar refractivity (Wildman–Crippen MR) is 112 cm³/mol. The third kappa shape index (κ3) is 3.67. The first kappa shape index (κ1) is 17.9. The zero-order chi connectivity index (χ0) is 19.0. The fourth-order valence-corrected chi connectivity index (χ4v) is 4.00. The van der Waals surface area contributed by atoms with Crippen LogP contribution in [0.15, 0.2) is 48.5 Å². The second-order valence-electron chi connectivity index (χ2n) is 7.46. The van der Waals surface area contributed by atoms with Gasteiger partial charge in [0.05, 0.1) is 0 Å². The van der Waals surface area contributed by atoms with Crippen molar-refractivity contribution in [2.45, 2.75) is 18.8 Å². The van der Waals surface area contributed by atoms with Gasteiger partial charge in [0, 0.05) is 66.0 Å². The number of aromatic amines is 1. The number of likely N-dealkylation sites (tertiary alicyclic amines) is 1. The van der Waals surface area contributed by atoms with Gasteiger partial charge in [0.15, 0.2) is 0 Å². The molecule has 0 unspecified atom stereocenters. The van der Waals surface area contributed by atoms with E-state index in [4.69, 9.17) is 11.6 Å². The summed E-state index contributed by atoms with van der Waals surface area (Å²) in [6.07, 6.45) is 1.95. The molecule has 3 aromatic rings. The summed E-state index contributed by atoms with van der Waals surface area (Å²) in [5.74, 6) is 0.582. The maximum atomic E-state index is 12.8. The summed E-state index contributed by atoms with van der Waals surface area (Å²) in [6.45, 7) is 1.57. The lowest BCUT2D eigenvalue weighted by atomic mass is 9.93. The van der Waals surface area contributed by atoms with Gasteiger partial charge in [-0.25, -0.2) is 0 Å². The highest BCUT2D eigenvalue weighted by atomic mass is 35.5. The number of piperidine rings is 1. The number of halogens is 1. The Morgan fingerprint density at radius 1 is 1.07 bits per heavy atom. The van der Waals surface area contributed by atoms with Crippen LogP contribution in [-0.2, 0) is 0 Å². The van der Waals surface area contributed by atoms with Gasteiger partial charge in [0.2, 0.25) is 0 Å². The van der Waals surface area contributed by atoms with Gasteiger partial charge in [-0.1, -0.05) is 11.6 Å². The van der Waals surface area contributed by atoms with Gasteiger partial charge in [0.1, 0.15) is 0 Å². The van der Waals surface area contributed by atoms with Gasteiger partial charge < -0.3 is 14.8 Å². The van der Waals surface area contributed by atoms with Crippen LogP contribution in [0.1, 0.15) is 34.8 Å².